The van der Waals surface area contributed by atoms with Crippen LogP contribution in [-0.4, -0.2) is 31.7 Å². The zero-order valence-corrected chi connectivity index (χ0v) is 13.3. The van der Waals surface area contributed by atoms with Crippen LogP contribution in [0.15, 0.2) is 22.7 Å². The second-order valence-corrected chi connectivity index (χ2v) is 5.97. The van der Waals surface area contributed by atoms with Gasteiger partial charge < -0.3 is 15.4 Å². The standard InChI is InChI=1S/C15H21BrN2O2/c1-11-4-5-14(13(16)9-11)18-15(19)6-7-17-10-12-3-2-8-20-12/h4-5,9,12,17H,2-3,6-8,10H2,1H3,(H,18,19). The molecule has 2 N–H and O–H groups in total. The first kappa shape index (κ1) is 15.5. The van der Waals surface area contributed by atoms with Gasteiger partial charge in [0.25, 0.3) is 0 Å². The van der Waals surface area contributed by atoms with Crippen LogP contribution in [0.25, 0.3) is 0 Å². The molecule has 1 unspecified atom stereocenters. The summed E-state index contributed by atoms with van der Waals surface area (Å²) < 4.78 is 6.43. The smallest absolute Gasteiger partial charge is 0.225 e. The third-order valence-electron chi connectivity index (χ3n) is 3.32. The first-order valence-corrected chi connectivity index (χ1v) is 7.83. The molecule has 20 heavy (non-hydrogen) atoms. The number of carbonyl (C=O) groups is 1. The van der Waals surface area contributed by atoms with Crippen molar-refractivity contribution in [3.63, 3.8) is 0 Å². The van der Waals surface area contributed by atoms with E-state index in [9.17, 15) is 4.79 Å². The highest BCUT2D eigenvalue weighted by atomic mass is 79.9. The van der Waals surface area contributed by atoms with Crippen LogP contribution < -0.4 is 10.6 Å². The van der Waals surface area contributed by atoms with Gasteiger partial charge in [-0.25, -0.2) is 0 Å². The van der Waals surface area contributed by atoms with Crippen molar-refractivity contribution in [2.24, 2.45) is 0 Å². The van der Waals surface area contributed by atoms with E-state index in [1.54, 1.807) is 0 Å². The zero-order valence-electron chi connectivity index (χ0n) is 11.7. The number of rotatable bonds is 6. The molecule has 1 atom stereocenters. The number of nitrogens with one attached hydrogen (secondary N) is 2. The van der Waals surface area contributed by atoms with Gasteiger partial charge in [-0.05, 0) is 53.4 Å². The van der Waals surface area contributed by atoms with Crippen molar-refractivity contribution in [1.29, 1.82) is 0 Å². The maximum absolute atomic E-state index is 11.8. The highest BCUT2D eigenvalue weighted by Gasteiger charge is 2.14. The Kier molecular flexibility index (Phi) is 6.01. The summed E-state index contributed by atoms with van der Waals surface area (Å²) in [4.78, 5) is 11.8. The number of halogens is 1. The molecule has 0 aliphatic carbocycles. The molecule has 1 heterocycles. The molecule has 1 amide bonds. The first-order chi connectivity index (χ1) is 9.65. The molecule has 110 valence electrons. The van der Waals surface area contributed by atoms with Crippen LogP contribution in [0.5, 0.6) is 0 Å². The van der Waals surface area contributed by atoms with Gasteiger partial charge in [0, 0.05) is 30.6 Å². The van der Waals surface area contributed by atoms with Crippen molar-refractivity contribution < 1.29 is 9.53 Å². The van der Waals surface area contributed by atoms with Gasteiger partial charge in [0.1, 0.15) is 0 Å². The van der Waals surface area contributed by atoms with Crippen LogP contribution in [0.2, 0.25) is 0 Å². The monoisotopic (exact) mass is 340 g/mol. The highest BCUT2D eigenvalue weighted by Crippen LogP contribution is 2.23. The predicted molar refractivity (Wildman–Crippen MR) is 84.0 cm³/mol. The molecule has 5 heteroatoms. The second kappa shape index (κ2) is 7.76. The Labute approximate surface area is 128 Å². The number of anilines is 1. The molecule has 0 bridgehead atoms. The third-order valence-corrected chi connectivity index (χ3v) is 3.98. The van der Waals surface area contributed by atoms with Gasteiger partial charge in [-0.15, -0.1) is 0 Å². The van der Waals surface area contributed by atoms with E-state index >= 15 is 0 Å². The predicted octanol–water partition coefficient (Wildman–Crippen LogP) is 2.85. The molecule has 2 rings (SSSR count). The van der Waals surface area contributed by atoms with E-state index in [-0.39, 0.29) is 5.91 Å². The van der Waals surface area contributed by atoms with E-state index in [0.717, 1.165) is 41.7 Å². The number of carbonyl (C=O) groups excluding carboxylic acids is 1. The van der Waals surface area contributed by atoms with Crippen LogP contribution in [-0.2, 0) is 9.53 Å². The molecular formula is C15H21BrN2O2. The lowest BCUT2D eigenvalue weighted by atomic mass is 10.2. The van der Waals surface area contributed by atoms with E-state index in [1.807, 2.05) is 25.1 Å². The summed E-state index contributed by atoms with van der Waals surface area (Å²) in [6.45, 7) is 4.40. The van der Waals surface area contributed by atoms with Gasteiger partial charge in [0.15, 0.2) is 0 Å². The van der Waals surface area contributed by atoms with Crippen molar-refractivity contribution >= 4 is 27.5 Å². The summed E-state index contributed by atoms with van der Waals surface area (Å²) in [5.74, 6) is 0.0226. The van der Waals surface area contributed by atoms with Crippen LogP contribution in [0.3, 0.4) is 0 Å². The molecule has 1 fully saturated rings. The molecule has 0 aromatic heterocycles. The first-order valence-electron chi connectivity index (χ1n) is 7.03. The zero-order chi connectivity index (χ0) is 14.4. The topological polar surface area (TPSA) is 50.4 Å². The van der Waals surface area contributed by atoms with Crippen molar-refractivity contribution in [2.75, 3.05) is 25.0 Å². The van der Waals surface area contributed by atoms with Gasteiger partial charge in [-0.1, -0.05) is 6.07 Å². The fourth-order valence-electron chi connectivity index (χ4n) is 2.20. The average Bonchev–Trinajstić information content (AvgIpc) is 2.91. The Morgan fingerprint density at radius 1 is 1.50 bits per heavy atom. The Morgan fingerprint density at radius 3 is 3.05 bits per heavy atom. The summed E-state index contributed by atoms with van der Waals surface area (Å²) in [6.07, 6.45) is 3.06. The molecular weight excluding hydrogens is 320 g/mol. The molecule has 1 aliphatic heterocycles. The minimum atomic E-state index is 0.0226. The number of hydrogen-bond donors (Lipinski definition) is 2. The minimum Gasteiger partial charge on any atom is -0.377 e. The fourth-order valence-corrected chi connectivity index (χ4v) is 2.80. The summed E-state index contributed by atoms with van der Waals surface area (Å²) in [5, 5.41) is 6.18. The Bertz CT molecular complexity index is 459. The van der Waals surface area contributed by atoms with E-state index in [4.69, 9.17) is 4.74 Å². The lowest BCUT2D eigenvalue weighted by Crippen LogP contribution is -2.29. The molecule has 1 aromatic rings. The molecule has 4 nitrogen and oxygen atoms in total. The quantitative estimate of drug-likeness (QED) is 0.783. The molecule has 1 aromatic carbocycles. The maximum Gasteiger partial charge on any atom is 0.225 e. The van der Waals surface area contributed by atoms with Crippen molar-refractivity contribution in [2.45, 2.75) is 32.3 Å². The second-order valence-electron chi connectivity index (χ2n) is 5.12. The van der Waals surface area contributed by atoms with Crippen LogP contribution >= 0.6 is 15.9 Å². The van der Waals surface area contributed by atoms with Crippen LogP contribution in [0.4, 0.5) is 5.69 Å². The maximum atomic E-state index is 11.8. The van der Waals surface area contributed by atoms with Crippen molar-refractivity contribution in [3.05, 3.63) is 28.2 Å². The van der Waals surface area contributed by atoms with Gasteiger partial charge in [-0.3, -0.25) is 4.79 Å². The van der Waals surface area contributed by atoms with Crippen LogP contribution in [0, 0.1) is 6.92 Å². The highest BCUT2D eigenvalue weighted by molar-refractivity contribution is 9.10. The molecule has 1 saturated heterocycles. The third kappa shape index (κ3) is 4.89. The van der Waals surface area contributed by atoms with Gasteiger partial charge in [0.05, 0.1) is 11.8 Å². The largest absolute Gasteiger partial charge is 0.377 e. The summed E-state index contributed by atoms with van der Waals surface area (Å²) in [5.41, 5.74) is 1.98. The molecule has 0 saturated carbocycles. The van der Waals surface area contributed by atoms with Crippen LogP contribution in [0.1, 0.15) is 24.8 Å². The van der Waals surface area contributed by atoms with E-state index < -0.39 is 0 Å². The molecule has 1 aliphatic rings. The molecule has 0 spiro atoms. The molecule has 0 radical (unpaired) electrons. The van der Waals surface area contributed by atoms with E-state index in [1.165, 1.54) is 0 Å². The number of benzene rings is 1. The Morgan fingerprint density at radius 2 is 2.35 bits per heavy atom. The summed E-state index contributed by atoms with van der Waals surface area (Å²) in [6, 6.07) is 5.89. The summed E-state index contributed by atoms with van der Waals surface area (Å²) >= 11 is 3.46. The number of ether oxygens (including phenoxy) is 1. The SMILES string of the molecule is Cc1ccc(NC(=O)CCNCC2CCCO2)c(Br)c1. The van der Waals surface area contributed by atoms with Crippen molar-refractivity contribution in [1.82, 2.24) is 5.32 Å². The lowest BCUT2D eigenvalue weighted by Gasteiger charge is -2.11. The minimum absolute atomic E-state index is 0.0226. The van der Waals surface area contributed by atoms with Crippen molar-refractivity contribution in [3.8, 4) is 0 Å². The van der Waals surface area contributed by atoms with E-state index in [0.29, 0.717) is 19.1 Å². The van der Waals surface area contributed by atoms with E-state index in [2.05, 4.69) is 26.6 Å². The van der Waals surface area contributed by atoms with Gasteiger partial charge in [0.2, 0.25) is 5.91 Å². The lowest BCUT2D eigenvalue weighted by molar-refractivity contribution is -0.116. The number of amides is 1. The Hall–Kier alpha value is -0.910. The number of hydrogen-bond acceptors (Lipinski definition) is 3. The van der Waals surface area contributed by atoms with Gasteiger partial charge in [-0.2, -0.15) is 0 Å². The fraction of sp³-hybridized carbons (Fsp3) is 0.533. The van der Waals surface area contributed by atoms with Gasteiger partial charge >= 0.3 is 0 Å². The number of aryl methyl sites for hydroxylation is 1. The Balaban J connectivity index is 1.67. The summed E-state index contributed by atoms with van der Waals surface area (Å²) in [7, 11) is 0. The normalized spacial score (nSPS) is 18.2. The average molecular weight is 341 g/mol.